The van der Waals surface area contributed by atoms with Crippen molar-refractivity contribution in [2.45, 2.75) is 218 Å². The molecule has 0 spiro atoms. The van der Waals surface area contributed by atoms with Crippen molar-refractivity contribution in [1.29, 1.82) is 0 Å². The van der Waals surface area contributed by atoms with Gasteiger partial charge in [0.1, 0.15) is 46.2 Å². The summed E-state index contributed by atoms with van der Waals surface area (Å²) in [5, 5.41) is 0. The Morgan fingerprint density at radius 3 is 1.55 bits per heavy atom. The molecule has 0 N–H and O–H groups in total. The van der Waals surface area contributed by atoms with Crippen LogP contribution in [-0.2, 0) is 46.3 Å². The smallest absolute Gasteiger partial charge is 0.130 e. The van der Waals surface area contributed by atoms with Crippen LogP contribution in [0.4, 0.5) is 8.78 Å². The first-order chi connectivity index (χ1) is 30.6. The average Bonchev–Trinajstić information content (AvgIpc) is 3.19. The number of benzene rings is 2. The largest absolute Gasteiger partial charge is 0.497 e. The Balaban J connectivity index is -0.000000704. The Morgan fingerprint density at radius 1 is 0.727 bits per heavy atom. The minimum Gasteiger partial charge on any atom is -0.497 e. The van der Waals surface area contributed by atoms with Gasteiger partial charge in [-0.3, -0.25) is 0 Å². The van der Waals surface area contributed by atoms with Crippen LogP contribution in [0.1, 0.15) is 197 Å². The Hall–Kier alpha value is -3.63. The summed E-state index contributed by atoms with van der Waals surface area (Å²) in [6.45, 7) is 29.0. The molecule has 380 valence electrons. The number of aryl methyl sites for hydroxylation is 2. The molecule has 0 unspecified atom stereocenters. The van der Waals surface area contributed by atoms with Crippen LogP contribution in [0.2, 0.25) is 0 Å². The number of methoxy groups -OCH3 is 2. The van der Waals surface area contributed by atoms with Gasteiger partial charge in [0.2, 0.25) is 0 Å². The molecular weight excluding hydrogens is 839 g/mol. The van der Waals surface area contributed by atoms with Gasteiger partial charge in [0.15, 0.2) is 0 Å². The van der Waals surface area contributed by atoms with E-state index in [0.717, 1.165) is 87.5 Å². The number of hydrogen-bond acceptors (Lipinski definition) is 8. The SMILES string of the molecule is CC(=O)CC1CC(C)(F)C1.CC(=O)CCC(C)(C)C.CC(=O)CCCOC(C)C.CCCCC(C)=O.CCc1c(C)cccc1F.CCc1ccc(OC)cc1.COC1CC(CC(C)=O)C1. The molecule has 2 aliphatic rings. The van der Waals surface area contributed by atoms with Gasteiger partial charge >= 0.3 is 0 Å². The monoisotopic (exact) mass is 933 g/mol. The molecule has 2 saturated carbocycles. The molecule has 0 bridgehead atoms. The van der Waals surface area contributed by atoms with Crippen molar-refractivity contribution in [3.05, 3.63) is 65.0 Å². The molecule has 10 heteroatoms. The molecule has 0 aromatic heterocycles. The highest BCUT2D eigenvalue weighted by Gasteiger charge is 2.40. The molecule has 0 heterocycles. The van der Waals surface area contributed by atoms with Crippen molar-refractivity contribution >= 4 is 28.9 Å². The highest BCUT2D eigenvalue weighted by Crippen LogP contribution is 2.42. The summed E-state index contributed by atoms with van der Waals surface area (Å²) in [6.07, 6.45) is 13.4. The lowest BCUT2D eigenvalue weighted by Crippen LogP contribution is -2.37. The number of Topliss-reactive ketones (excluding diaryl/α,β-unsaturated/α-hetero) is 5. The maximum atomic E-state index is 12.9. The van der Waals surface area contributed by atoms with Crippen molar-refractivity contribution < 1.29 is 47.0 Å². The first kappa shape index (κ1) is 66.6. The summed E-state index contributed by atoms with van der Waals surface area (Å²) >= 11 is 0. The van der Waals surface area contributed by atoms with E-state index in [1.54, 1.807) is 61.8 Å². The summed E-state index contributed by atoms with van der Waals surface area (Å²) in [6, 6.07) is 13.3. The van der Waals surface area contributed by atoms with Crippen molar-refractivity contribution in [2.75, 3.05) is 20.8 Å². The number of alkyl halides is 1. The Kier molecular flexibility index (Phi) is 38.7. The first-order valence-corrected chi connectivity index (χ1v) is 24.3. The maximum absolute atomic E-state index is 12.9. The van der Waals surface area contributed by atoms with Gasteiger partial charge in [-0.1, -0.05) is 72.2 Å². The fraction of sp³-hybridized carbons (Fsp3) is 0.696. The molecule has 0 aliphatic heterocycles. The van der Waals surface area contributed by atoms with Gasteiger partial charge in [-0.2, -0.15) is 0 Å². The Morgan fingerprint density at radius 2 is 1.23 bits per heavy atom. The third-order valence-corrected chi connectivity index (χ3v) is 10.6. The minimum absolute atomic E-state index is 0.0810. The predicted molar refractivity (Wildman–Crippen MR) is 270 cm³/mol. The highest BCUT2D eigenvalue weighted by atomic mass is 19.1. The van der Waals surface area contributed by atoms with E-state index in [0.29, 0.717) is 73.0 Å². The molecule has 2 aromatic rings. The number of halogens is 2. The molecule has 66 heavy (non-hydrogen) atoms. The molecule has 2 aliphatic carbocycles. The topological polar surface area (TPSA) is 113 Å². The number of unbranched alkanes of at least 4 members (excludes halogenated alkanes) is 1. The van der Waals surface area contributed by atoms with Crippen LogP contribution >= 0.6 is 0 Å². The lowest BCUT2D eigenvalue weighted by atomic mass is 9.71. The molecule has 2 fully saturated rings. The number of ketones is 5. The number of rotatable bonds is 18. The predicted octanol–water partition coefficient (Wildman–Crippen LogP) is 14.4. The van der Waals surface area contributed by atoms with E-state index < -0.39 is 5.67 Å². The molecule has 8 nitrogen and oxygen atoms in total. The van der Waals surface area contributed by atoms with E-state index in [1.165, 1.54) is 11.6 Å². The van der Waals surface area contributed by atoms with E-state index in [1.807, 2.05) is 45.9 Å². The van der Waals surface area contributed by atoms with Crippen molar-refractivity contribution in [1.82, 2.24) is 0 Å². The number of carbonyl (C=O) groups excluding carboxylic acids is 5. The third-order valence-electron chi connectivity index (χ3n) is 10.6. The molecule has 2 aromatic carbocycles. The van der Waals surface area contributed by atoms with Crippen LogP contribution in [0.3, 0.4) is 0 Å². The fourth-order valence-corrected chi connectivity index (χ4v) is 6.73. The third kappa shape index (κ3) is 41.8. The van der Waals surface area contributed by atoms with E-state index in [-0.39, 0.29) is 23.5 Å². The number of carbonyl (C=O) groups is 5. The van der Waals surface area contributed by atoms with Crippen molar-refractivity contribution in [3.63, 3.8) is 0 Å². The van der Waals surface area contributed by atoms with Gasteiger partial charge < -0.3 is 38.2 Å². The van der Waals surface area contributed by atoms with Crippen LogP contribution in [-0.4, -0.2) is 67.6 Å². The maximum Gasteiger partial charge on any atom is 0.130 e. The molecule has 0 atom stereocenters. The van der Waals surface area contributed by atoms with Gasteiger partial charge in [0, 0.05) is 45.8 Å². The van der Waals surface area contributed by atoms with E-state index in [9.17, 15) is 32.8 Å². The fourth-order valence-electron chi connectivity index (χ4n) is 6.73. The second kappa shape index (κ2) is 38.3. The van der Waals surface area contributed by atoms with Crippen LogP contribution in [0.15, 0.2) is 42.5 Å². The second-order valence-electron chi connectivity index (χ2n) is 19.6. The molecule has 0 saturated heterocycles. The first-order valence-electron chi connectivity index (χ1n) is 24.3. The van der Waals surface area contributed by atoms with E-state index >= 15 is 0 Å². The summed E-state index contributed by atoms with van der Waals surface area (Å²) < 4.78 is 41.0. The zero-order valence-corrected chi connectivity index (χ0v) is 44.7. The standard InChI is InChI=1S/C9H11F.C9H12O.C8H13FO.C8H14O2.C8H16O2.C8H16O.C6H12O/c1-3-8-7(2)5-4-6-9(8)10;1-3-8-4-6-9(10-2)7-5-8;1-6(10)3-7-4-8(2,9)5-7;1-6(9)3-7-4-8(5-7)10-2;1-7(2)10-6-4-5-8(3)9;1-7(9)5-6-8(2,3)4;1-3-4-5-6(2)7/h4-6H,3H2,1-2H3;4-7H,3H2,1-2H3;7H,3-5H2,1-2H3;7-8H,3-5H2,1-2H3;7H,4-6H2,1-3H3;5-6H2,1-4H3;3-5H2,1-2H3. The van der Waals surface area contributed by atoms with Crippen LogP contribution in [0, 0.1) is 30.0 Å². The van der Waals surface area contributed by atoms with Crippen LogP contribution in [0.25, 0.3) is 0 Å². The molecule has 4 rings (SSSR count). The molecular formula is C56H94F2O8. The van der Waals surface area contributed by atoms with Gasteiger partial charge in [-0.05, 0) is 172 Å². The van der Waals surface area contributed by atoms with Gasteiger partial charge in [-0.15, -0.1) is 0 Å². The van der Waals surface area contributed by atoms with Crippen LogP contribution in [0.5, 0.6) is 5.75 Å². The Bertz CT molecular complexity index is 1550. The summed E-state index contributed by atoms with van der Waals surface area (Å²) in [4.78, 5) is 52.3. The lowest BCUT2D eigenvalue weighted by Gasteiger charge is -2.38. The minimum atomic E-state index is -0.972. The van der Waals surface area contributed by atoms with E-state index in [2.05, 4.69) is 46.8 Å². The lowest BCUT2D eigenvalue weighted by molar-refractivity contribution is -0.120. The van der Waals surface area contributed by atoms with E-state index in [4.69, 9.17) is 14.2 Å². The summed E-state index contributed by atoms with van der Waals surface area (Å²) in [5.74, 6) is 3.12. The van der Waals surface area contributed by atoms with Gasteiger partial charge in [0.25, 0.3) is 0 Å². The summed E-state index contributed by atoms with van der Waals surface area (Å²) in [5.41, 5.74) is 2.57. The van der Waals surface area contributed by atoms with Gasteiger partial charge in [0.05, 0.1) is 19.3 Å². The second-order valence-corrected chi connectivity index (χ2v) is 19.6. The zero-order chi connectivity index (χ0) is 51.5. The Labute approximate surface area is 401 Å². The quantitative estimate of drug-likeness (QED) is 0.136. The highest BCUT2D eigenvalue weighted by molar-refractivity contribution is 5.76. The van der Waals surface area contributed by atoms with Crippen LogP contribution < -0.4 is 4.74 Å². The zero-order valence-electron chi connectivity index (χ0n) is 44.7. The molecule has 0 radical (unpaired) electrons. The number of ether oxygens (including phenoxy) is 3. The van der Waals surface area contributed by atoms with Crippen molar-refractivity contribution in [3.8, 4) is 5.75 Å². The average molecular weight is 933 g/mol. The normalized spacial score (nSPS) is 17.7. The molecule has 0 amide bonds. The van der Waals surface area contributed by atoms with Gasteiger partial charge in [-0.25, -0.2) is 8.78 Å². The van der Waals surface area contributed by atoms with Crippen molar-refractivity contribution in [2.24, 2.45) is 17.3 Å². The number of hydrogen-bond donors (Lipinski definition) is 0. The summed E-state index contributed by atoms with van der Waals surface area (Å²) in [7, 11) is 3.41.